The van der Waals surface area contributed by atoms with Gasteiger partial charge in [-0.2, -0.15) is 0 Å². The quantitative estimate of drug-likeness (QED) is 0.184. The number of rotatable bonds is 4. The number of hydrogen-bond donors (Lipinski definition) is 0. The first-order chi connectivity index (χ1) is 23.6. The lowest BCUT2D eigenvalue weighted by atomic mass is 9.97. The molecule has 0 radical (unpaired) electrons. The summed E-state index contributed by atoms with van der Waals surface area (Å²) < 4.78 is 12.4. The van der Waals surface area contributed by atoms with Crippen molar-refractivity contribution < 1.29 is 8.83 Å². The molecule has 0 fully saturated rings. The van der Waals surface area contributed by atoms with Crippen LogP contribution in [-0.4, -0.2) is 0 Å². The first kappa shape index (κ1) is 27.8. The van der Waals surface area contributed by atoms with E-state index in [9.17, 15) is 9.59 Å². The van der Waals surface area contributed by atoms with Gasteiger partial charge in [-0.1, -0.05) is 103 Å². The van der Waals surface area contributed by atoms with Gasteiger partial charge >= 0.3 is 0 Å². The van der Waals surface area contributed by atoms with Gasteiger partial charge in [-0.3, -0.25) is 9.59 Å². The van der Waals surface area contributed by atoms with E-state index in [-0.39, 0.29) is 10.9 Å². The number of hydrogen-bond acceptors (Lipinski definition) is 4. The molecule has 0 saturated carbocycles. The number of benzene rings is 7. The minimum absolute atomic E-state index is 0.0963. The molecular formula is C44H26O4. The summed E-state index contributed by atoms with van der Waals surface area (Å²) in [6, 6.07) is 51.1. The van der Waals surface area contributed by atoms with Crippen LogP contribution in [0.1, 0.15) is 0 Å². The molecule has 9 aromatic rings. The van der Waals surface area contributed by atoms with Crippen LogP contribution in [-0.2, 0) is 0 Å². The molecule has 0 unspecified atom stereocenters. The van der Waals surface area contributed by atoms with Crippen molar-refractivity contribution in [3.05, 3.63) is 178 Å². The summed E-state index contributed by atoms with van der Waals surface area (Å²) in [5.74, 6) is 0. The van der Waals surface area contributed by atoms with Crippen LogP contribution >= 0.6 is 0 Å². The maximum absolute atomic E-state index is 14.0. The molecule has 4 heteroatoms. The first-order valence-corrected chi connectivity index (χ1v) is 15.8. The third-order valence-electron chi connectivity index (χ3n) is 9.08. The van der Waals surface area contributed by atoms with Gasteiger partial charge in [0.25, 0.3) is 0 Å². The van der Waals surface area contributed by atoms with Crippen LogP contribution in [0.3, 0.4) is 0 Å². The van der Waals surface area contributed by atoms with Gasteiger partial charge in [0, 0.05) is 0 Å². The van der Waals surface area contributed by atoms with Crippen molar-refractivity contribution in [1.82, 2.24) is 0 Å². The Morgan fingerprint density at radius 1 is 0.271 bits per heavy atom. The zero-order chi connectivity index (χ0) is 32.2. The van der Waals surface area contributed by atoms with E-state index in [1.807, 2.05) is 127 Å². The Morgan fingerprint density at radius 3 is 0.938 bits per heavy atom. The Hall–Kier alpha value is -6.52. The summed E-state index contributed by atoms with van der Waals surface area (Å²) in [5.41, 5.74) is 9.69. The lowest BCUT2D eigenvalue weighted by Crippen LogP contribution is -2.03. The van der Waals surface area contributed by atoms with Crippen molar-refractivity contribution in [3.8, 4) is 44.5 Å². The van der Waals surface area contributed by atoms with Gasteiger partial charge in [-0.25, -0.2) is 0 Å². The summed E-state index contributed by atoms with van der Waals surface area (Å²) in [6.45, 7) is 0. The van der Waals surface area contributed by atoms with Crippen molar-refractivity contribution >= 4 is 43.9 Å². The standard InChI is InChI=1S/C44H26O4/c45-43-35-23-31(28-10-5-2-6-11-28)14-18-39(35)47-41-20-16-33(25-37(41)43)34-17-21-42-38(26-34)44(46)36-24-32(15-19-40(36)48-42)30-13-7-12-29(22-30)27-8-3-1-4-9-27/h1-26H. The summed E-state index contributed by atoms with van der Waals surface area (Å²) in [4.78, 5) is 27.8. The van der Waals surface area contributed by atoms with Gasteiger partial charge in [-0.15, -0.1) is 0 Å². The minimum atomic E-state index is -0.103. The van der Waals surface area contributed by atoms with Crippen LogP contribution in [0, 0.1) is 0 Å². The average Bonchev–Trinajstić information content (AvgIpc) is 3.15. The van der Waals surface area contributed by atoms with Crippen molar-refractivity contribution in [3.63, 3.8) is 0 Å². The fourth-order valence-electron chi connectivity index (χ4n) is 6.57. The fraction of sp³-hybridized carbons (Fsp3) is 0. The summed E-state index contributed by atoms with van der Waals surface area (Å²) in [5, 5.41) is 2.01. The third kappa shape index (κ3) is 4.70. The Balaban J connectivity index is 1.14. The highest BCUT2D eigenvalue weighted by Crippen LogP contribution is 2.32. The van der Waals surface area contributed by atoms with Crippen LogP contribution < -0.4 is 10.9 Å². The molecule has 4 nitrogen and oxygen atoms in total. The van der Waals surface area contributed by atoms with Crippen molar-refractivity contribution in [2.45, 2.75) is 0 Å². The molecule has 0 spiro atoms. The van der Waals surface area contributed by atoms with Gasteiger partial charge < -0.3 is 8.83 Å². The van der Waals surface area contributed by atoms with Crippen molar-refractivity contribution in [2.75, 3.05) is 0 Å². The lowest BCUT2D eigenvalue weighted by molar-refractivity contribution is 0.659. The van der Waals surface area contributed by atoms with E-state index in [1.165, 1.54) is 0 Å². The smallest absolute Gasteiger partial charge is 0.200 e. The monoisotopic (exact) mass is 618 g/mol. The van der Waals surface area contributed by atoms with Crippen LogP contribution in [0.15, 0.2) is 176 Å². The molecule has 0 aliphatic heterocycles. The van der Waals surface area contributed by atoms with E-state index in [0.717, 1.165) is 44.5 Å². The minimum Gasteiger partial charge on any atom is -0.456 e. The normalized spacial score (nSPS) is 11.5. The highest BCUT2D eigenvalue weighted by atomic mass is 16.3. The summed E-state index contributed by atoms with van der Waals surface area (Å²) in [7, 11) is 0. The predicted molar refractivity (Wildman–Crippen MR) is 195 cm³/mol. The second-order valence-electron chi connectivity index (χ2n) is 12.0. The topological polar surface area (TPSA) is 60.4 Å². The number of fused-ring (bicyclic) bond motifs is 4. The van der Waals surface area contributed by atoms with E-state index in [2.05, 4.69) is 30.3 Å². The van der Waals surface area contributed by atoms with Gasteiger partial charge in [0.15, 0.2) is 0 Å². The molecule has 0 saturated heterocycles. The maximum Gasteiger partial charge on any atom is 0.200 e. The molecule has 0 aliphatic rings. The molecule has 2 heterocycles. The average molecular weight is 619 g/mol. The van der Waals surface area contributed by atoms with E-state index in [0.29, 0.717) is 43.9 Å². The Labute approximate surface area is 274 Å². The fourth-order valence-corrected chi connectivity index (χ4v) is 6.57. The third-order valence-corrected chi connectivity index (χ3v) is 9.08. The lowest BCUT2D eigenvalue weighted by Gasteiger charge is -2.09. The van der Waals surface area contributed by atoms with E-state index >= 15 is 0 Å². The maximum atomic E-state index is 14.0. The van der Waals surface area contributed by atoms with Gasteiger partial charge in [-0.05, 0) is 99.1 Å². The zero-order valence-corrected chi connectivity index (χ0v) is 25.6. The van der Waals surface area contributed by atoms with Crippen molar-refractivity contribution in [2.24, 2.45) is 0 Å². The van der Waals surface area contributed by atoms with Crippen LogP contribution in [0.25, 0.3) is 88.4 Å². The van der Waals surface area contributed by atoms with E-state index < -0.39 is 0 Å². The molecule has 0 amide bonds. The van der Waals surface area contributed by atoms with Crippen LogP contribution in [0.4, 0.5) is 0 Å². The molecule has 0 bridgehead atoms. The molecule has 48 heavy (non-hydrogen) atoms. The van der Waals surface area contributed by atoms with Gasteiger partial charge in [0.1, 0.15) is 22.3 Å². The van der Waals surface area contributed by atoms with E-state index in [4.69, 9.17) is 8.83 Å². The molecule has 7 aromatic carbocycles. The highest BCUT2D eigenvalue weighted by molar-refractivity contribution is 5.97. The van der Waals surface area contributed by atoms with Crippen LogP contribution in [0.2, 0.25) is 0 Å². The van der Waals surface area contributed by atoms with Crippen LogP contribution in [0.5, 0.6) is 0 Å². The SMILES string of the molecule is O=c1c2cc(-c3ccccc3)ccc2oc2ccc(-c3ccc4oc5ccc(-c6cccc(-c7ccccc7)c6)cc5c(=O)c4c3)cc12. The largest absolute Gasteiger partial charge is 0.456 e. The zero-order valence-electron chi connectivity index (χ0n) is 25.6. The first-order valence-electron chi connectivity index (χ1n) is 15.8. The van der Waals surface area contributed by atoms with Gasteiger partial charge in [0.2, 0.25) is 10.9 Å². The molecule has 2 aromatic heterocycles. The Morgan fingerprint density at radius 2 is 0.562 bits per heavy atom. The predicted octanol–water partition coefficient (Wildman–Crippen LogP) is 10.9. The van der Waals surface area contributed by atoms with Gasteiger partial charge in [0.05, 0.1) is 21.5 Å². The molecule has 0 N–H and O–H groups in total. The summed E-state index contributed by atoms with van der Waals surface area (Å²) in [6.07, 6.45) is 0. The molecule has 0 atom stereocenters. The molecule has 0 aliphatic carbocycles. The molecule has 9 rings (SSSR count). The Kier molecular flexibility index (Phi) is 6.41. The summed E-state index contributed by atoms with van der Waals surface area (Å²) >= 11 is 0. The Bertz CT molecular complexity index is 2810. The van der Waals surface area contributed by atoms with Crippen molar-refractivity contribution in [1.29, 1.82) is 0 Å². The second-order valence-corrected chi connectivity index (χ2v) is 12.0. The highest BCUT2D eigenvalue weighted by Gasteiger charge is 2.14. The molecule has 226 valence electrons. The molecular weight excluding hydrogens is 592 g/mol. The van der Waals surface area contributed by atoms with E-state index in [1.54, 1.807) is 0 Å². The second kappa shape index (κ2) is 11.1.